The topological polar surface area (TPSA) is 44.1 Å². The van der Waals surface area contributed by atoms with E-state index in [2.05, 4.69) is 9.84 Å². The number of aryl methyl sites for hydroxylation is 1. The molecule has 0 aliphatic carbocycles. The third-order valence-corrected chi connectivity index (χ3v) is 3.30. The number of aromatic nitrogens is 2. The van der Waals surface area contributed by atoms with Crippen molar-refractivity contribution >= 4 is 5.97 Å². The van der Waals surface area contributed by atoms with Crippen LogP contribution in [0.3, 0.4) is 0 Å². The van der Waals surface area contributed by atoms with E-state index in [4.69, 9.17) is 0 Å². The number of nitrogens with zero attached hydrogens (tertiary/aromatic N) is 2. The molecule has 2 rings (SSSR count). The fourth-order valence-corrected chi connectivity index (χ4v) is 2.19. The van der Waals surface area contributed by atoms with Crippen LogP contribution in [-0.2, 0) is 23.9 Å². The van der Waals surface area contributed by atoms with Gasteiger partial charge in [-0.15, -0.1) is 0 Å². The van der Waals surface area contributed by atoms with E-state index >= 15 is 0 Å². The number of benzene rings is 1. The minimum Gasteiger partial charge on any atom is -0.465 e. The van der Waals surface area contributed by atoms with Crippen LogP contribution in [-0.4, -0.2) is 22.9 Å². The first-order valence-corrected chi connectivity index (χ1v) is 6.77. The van der Waals surface area contributed by atoms with Gasteiger partial charge in [-0.2, -0.15) is 18.3 Å². The van der Waals surface area contributed by atoms with E-state index in [1.54, 1.807) is 6.92 Å². The molecule has 0 bridgehead atoms. The SMILES string of the molecule is CCc1cn(Cc2cccc(C(=O)OC)c2F)nc1C(F)(F)F. The summed E-state index contributed by atoms with van der Waals surface area (Å²) in [5.74, 6) is -1.68. The average molecular weight is 330 g/mol. The van der Waals surface area contributed by atoms with Crippen molar-refractivity contribution in [3.05, 3.63) is 52.6 Å². The molecule has 124 valence electrons. The molecule has 0 saturated carbocycles. The van der Waals surface area contributed by atoms with Crippen molar-refractivity contribution in [1.29, 1.82) is 0 Å². The molecule has 0 N–H and O–H groups in total. The number of methoxy groups -OCH3 is 1. The molecular weight excluding hydrogens is 316 g/mol. The third-order valence-electron chi connectivity index (χ3n) is 3.30. The van der Waals surface area contributed by atoms with E-state index in [-0.39, 0.29) is 29.7 Å². The second-order valence-electron chi connectivity index (χ2n) is 4.82. The van der Waals surface area contributed by atoms with Crippen molar-refractivity contribution in [3.63, 3.8) is 0 Å². The third kappa shape index (κ3) is 3.52. The minimum absolute atomic E-state index is 0.0297. The lowest BCUT2D eigenvalue weighted by Crippen LogP contribution is -2.11. The first-order valence-electron chi connectivity index (χ1n) is 6.77. The predicted molar refractivity (Wildman–Crippen MR) is 73.4 cm³/mol. The Hall–Kier alpha value is -2.38. The molecule has 8 heteroatoms. The molecule has 0 spiro atoms. The predicted octanol–water partition coefficient (Wildman–Crippen LogP) is 3.44. The van der Waals surface area contributed by atoms with Crippen LogP contribution in [0.4, 0.5) is 17.6 Å². The summed E-state index contributed by atoms with van der Waals surface area (Å²) in [5.41, 5.74) is -1.18. The summed E-state index contributed by atoms with van der Waals surface area (Å²) in [4.78, 5) is 11.4. The number of carbonyl (C=O) groups excluding carboxylic acids is 1. The van der Waals surface area contributed by atoms with E-state index in [1.165, 1.54) is 24.4 Å². The van der Waals surface area contributed by atoms with E-state index in [0.717, 1.165) is 11.8 Å². The summed E-state index contributed by atoms with van der Waals surface area (Å²) in [6.45, 7) is 1.36. The molecule has 0 fully saturated rings. The zero-order valence-corrected chi connectivity index (χ0v) is 12.4. The summed E-state index contributed by atoms with van der Waals surface area (Å²) >= 11 is 0. The van der Waals surface area contributed by atoms with Gasteiger partial charge in [0, 0.05) is 17.3 Å². The van der Waals surface area contributed by atoms with Gasteiger partial charge in [0.15, 0.2) is 5.69 Å². The van der Waals surface area contributed by atoms with Crippen LogP contribution in [0.1, 0.15) is 34.1 Å². The molecule has 0 amide bonds. The highest BCUT2D eigenvalue weighted by Gasteiger charge is 2.36. The number of hydrogen-bond acceptors (Lipinski definition) is 3. The van der Waals surface area contributed by atoms with E-state index in [0.29, 0.717) is 0 Å². The van der Waals surface area contributed by atoms with Gasteiger partial charge in [0.2, 0.25) is 0 Å². The van der Waals surface area contributed by atoms with Crippen LogP contribution in [0, 0.1) is 5.82 Å². The highest BCUT2D eigenvalue weighted by atomic mass is 19.4. The Kier molecular flexibility index (Phi) is 4.72. The average Bonchev–Trinajstić information content (AvgIpc) is 2.92. The van der Waals surface area contributed by atoms with Gasteiger partial charge in [0.25, 0.3) is 0 Å². The van der Waals surface area contributed by atoms with Gasteiger partial charge in [-0.05, 0) is 12.5 Å². The summed E-state index contributed by atoms with van der Waals surface area (Å²) in [6, 6.07) is 4.05. The molecule has 0 atom stereocenters. The Bertz CT molecular complexity index is 723. The number of rotatable bonds is 4. The number of esters is 1. The highest BCUT2D eigenvalue weighted by molar-refractivity contribution is 5.89. The second kappa shape index (κ2) is 6.39. The number of ether oxygens (including phenoxy) is 1. The fraction of sp³-hybridized carbons (Fsp3) is 0.333. The number of carbonyl (C=O) groups is 1. The van der Waals surface area contributed by atoms with Gasteiger partial charge in [0.05, 0.1) is 19.2 Å². The normalized spacial score (nSPS) is 11.6. The standard InChI is InChI=1S/C15H14F4N2O2/c1-3-9-7-21(20-13(9)15(17,18)19)8-10-5-4-6-11(12(10)16)14(22)23-2/h4-7H,3,8H2,1-2H3. The Labute approximate surface area is 129 Å². The van der Waals surface area contributed by atoms with Crippen LogP contribution in [0.25, 0.3) is 0 Å². The molecule has 23 heavy (non-hydrogen) atoms. The van der Waals surface area contributed by atoms with Crippen molar-refractivity contribution in [3.8, 4) is 0 Å². The lowest BCUT2D eigenvalue weighted by atomic mass is 10.1. The molecule has 0 saturated heterocycles. The monoisotopic (exact) mass is 330 g/mol. The van der Waals surface area contributed by atoms with Crippen molar-refractivity contribution < 1.29 is 27.1 Å². The molecule has 0 aliphatic heterocycles. The fourth-order valence-electron chi connectivity index (χ4n) is 2.19. The molecule has 1 heterocycles. The number of halogens is 4. The van der Waals surface area contributed by atoms with E-state index in [1.807, 2.05) is 0 Å². The molecule has 2 aromatic rings. The Morgan fingerprint density at radius 2 is 2.00 bits per heavy atom. The van der Waals surface area contributed by atoms with Crippen LogP contribution >= 0.6 is 0 Å². The van der Waals surface area contributed by atoms with Crippen molar-refractivity contribution in [2.24, 2.45) is 0 Å². The lowest BCUT2D eigenvalue weighted by molar-refractivity contribution is -0.142. The van der Waals surface area contributed by atoms with E-state index < -0.39 is 23.7 Å². The Balaban J connectivity index is 2.37. The van der Waals surface area contributed by atoms with Crippen LogP contribution in [0.15, 0.2) is 24.4 Å². The minimum atomic E-state index is -4.57. The molecule has 0 unspecified atom stereocenters. The molecule has 1 aromatic carbocycles. The summed E-state index contributed by atoms with van der Waals surface area (Å²) in [6.07, 6.45) is -3.18. The first kappa shape index (κ1) is 17.0. The van der Waals surface area contributed by atoms with Gasteiger partial charge in [0.1, 0.15) is 5.82 Å². The van der Waals surface area contributed by atoms with Crippen LogP contribution in [0.2, 0.25) is 0 Å². The van der Waals surface area contributed by atoms with Gasteiger partial charge < -0.3 is 4.74 Å². The lowest BCUT2D eigenvalue weighted by Gasteiger charge is -2.07. The van der Waals surface area contributed by atoms with Crippen LogP contribution < -0.4 is 0 Å². The summed E-state index contributed by atoms with van der Waals surface area (Å²) in [5, 5.41) is 3.49. The maximum atomic E-state index is 14.3. The molecule has 1 aromatic heterocycles. The molecule has 0 radical (unpaired) electrons. The molecule has 4 nitrogen and oxygen atoms in total. The number of alkyl halides is 3. The van der Waals surface area contributed by atoms with Gasteiger partial charge in [-0.25, -0.2) is 9.18 Å². The molecule has 0 aliphatic rings. The summed E-state index contributed by atoms with van der Waals surface area (Å²) in [7, 11) is 1.12. The number of hydrogen-bond donors (Lipinski definition) is 0. The van der Waals surface area contributed by atoms with Crippen molar-refractivity contribution in [2.75, 3.05) is 7.11 Å². The maximum absolute atomic E-state index is 14.3. The largest absolute Gasteiger partial charge is 0.465 e. The quantitative estimate of drug-likeness (QED) is 0.637. The summed E-state index contributed by atoms with van der Waals surface area (Å²) < 4.78 is 58.3. The second-order valence-corrected chi connectivity index (χ2v) is 4.82. The van der Waals surface area contributed by atoms with E-state index in [9.17, 15) is 22.4 Å². The molecular formula is C15H14F4N2O2. The first-order chi connectivity index (χ1) is 10.8. The van der Waals surface area contributed by atoms with Gasteiger partial charge in [-0.1, -0.05) is 19.1 Å². The van der Waals surface area contributed by atoms with Gasteiger partial charge >= 0.3 is 12.1 Å². The zero-order chi connectivity index (χ0) is 17.2. The highest BCUT2D eigenvalue weighted by Crippen LogP contribution is 2.31. The maximum Gasteiger partial charge on any atom is 0.435 e. The smallest absolute Gasteiger partial charge is 0.435 e. The Morgan fingerprint density at radius 1 is 1.30 bits per heavy atom. The zero-order valence-electron chi connectivity index (χ0n) is 12.4. The van der Waals surface area contributed by atoms with Crippen molar-refractivity contribution in [2.45, 2.75) is 26.1 Å². The Morgan fingerprint density at radius 3 is 2.52 bits per heavy atom. The van der Waals surface area contributed by atoms with Crippen molar-refractivity contribution in [1.82, 2.24) is 9.78 Å². The van der Waals surface area contributed by atoms with Gasteiger partial charge in [-0.3, -0.25) is 4.68 Å². The van der Waals surface area contributed by atoms with Crippen LogP contribution in [0.5, 0.6) is 0 Å².